The van der Waals surface area contributed by atoms with E-state index in [1.54, 1.807) is 0 Å². The van der Waals surface area contributed by atoms with Crippen LogP contribution in [0.25, 0.3) is 15.9 Å². The van der Waals surface area contributed by atoms with Gasteiger partial charge in [-0.3, -0.25) is 9.59 Å². The second-order valence-electron chi connectivity index (χ2n) is 8.11. The number of nitrogens with two attached hydrogens (primary N) is 1. The van der Waals surface area contributed by atoms with Gasteiger partial charge < -0.3 is 11.1 Å². The predicted molar refractivity (Wildman–Crippen MR) is 116 cm³/mol. The summed E-state index contributed by atoms with van der Waals surface area (Å²) in [5.41, 5.74) is 4.05. The lowest BCUT2D eigenvalue weighted by molar-refractivity contribution is -0.141. The number of aryl methyl sites for hydroxylation is 1. The molecule has 0 atom stereocenters. The van der Waals surface area contributed by atoms with Crippen LogP contribution in [0.5, 0.6) is 0 Å². The summed E-state index contributed by atoms with van der Waals surface area (Å²) < 4.78 is 67.7. The number of nitrogens with one attached hydrogen (secondary N) is 1. The fourth-order valence-electron chi connectivity index (χ4n) is 3.77. The summed E-state index contributed by atoms with van der Waals surface area (Å²) in [7, 11) is 0. The number of carbonyl (C=O) groups is 2. The summed E-state index contributed by atoms with van der Waals surface area (Å²) in [6.07, 6.45) is -5.92. The van der Waals surface area contributed by atoms with Crippen LogP contribution in [0.15, 0.2) is 18.2 Å². The van der Waals surface area contributed by atoms with Crippen LogP contribution in [0.3, 0.4) is 0 Å². The van der Waals surface area contributed by atoms with E-state index in [9.17, 15) is 31.5 Å². The summed E-state index contributed by atoms with van der Waals surface area (Å²) in [4.78, 5) is 32.5. The first kappa shape index (κ1) is 23.1. The van der Waals surface area contributed by atoms with Gasteiger partial charge in [0.25, 0.3) is 18.2 Å². The zero-order chi connectivity index (χ0) is 25.2. The predicted octanol–water partition coefficient (Wildman–Crippen LogP) is 4.83. The first-order chi connectivity index (χ1) is 16.4. The Morgan fingerprint density at radius 1 is 1.20 bits per heavy atom. The minimum atomic E-state index is -4.72. The van der Waals surface area contributed by atoms with Crippen LogP contribution in [-0.2, 0) is 6.18 Å². The molecule has 0 unspecified atom stereocenters. The maximum atomic E-state index is 13.6. The quantitative estimate of drug-likeness (QED) is 0.373. The van der Waals surface area contributed by atoms with Gasteiger partial charge in [0.15, 0.2) is 11.3 Å². The molecule has 0 bridgehead atoms. The third-order valence-electron chi connectivity index (χ3n) is 5.54. The molecule has 1 aliphatic rings. The second-order valence-corrected chi connectivity index (χ2v) is 9.11. The molecule has 0 spiro atoms. The van der Waals surface area contributed by atoms with Crippen LogP contribution in [0, 0.1) is 6.92 Å². The standard InChI is InChI=1S/C21H15F5N6O2S/c1-7-4-12(21(24,25)26)29-20-14(7)15(16(35-20)18(27)33)30-19(34)10-6-13-28-9(8-2-3-8)5-11(17(22)23)32(13)31-10/h4-6,8,17H,2-3H2,1H3,(H2,27,33)(H,30,34). The molecular formula is C21H15F5N6O2S. The number of alkyl halides is 5. The Labute approximate surface area is 197 Å². The van der Waals surface area contributed by atoms with Crippen molar-refractivity contribution in [1.82, 2.24) is 19.6 Å². The molecule has 1 saturated carbocycles. The Balaban J connectivity index is 1.58. The van der Waals surface area contributed by atoms with Crippen LogP contribution < -0.4 is 11.1 Å². The number of halogens is 5. The first-order valence-electron chi connectivity index (χ1n) is 10.2. The highest BCUT2D eigenvalue weighted by Gasteiger charge is 2.34. The van der Waals surface area contributed by atoms with Gasteiger partial charge in [-0.2, -0.15) is 18.3 Å². The molecule has 182 valence electrons. The highest BCUT2D eigenvalue weighted by atomic mass is 32.1. The highest BCUT2D eigenvalue weighted by molar-refractivity contribution is 7.21. The summed E-state index contributed by atoms with van der Waals surface area (Å²) in [6.45, 7) is 1.37. The lowest BCUT2D eigenvalue weighted by atomic mass is 10.1. The SMILES string of the molecule is Cc1cc(C(F)(F)F)nc2sc(C(N)=O)c(NC(=O)c3cc4nc(C5CC5)cc(C(F)F)n4n3)c12. The zero-order valence-electron chi connectivity index (χ0n) is 17.8. The number of carbonyl (C=O) groups excluding carboxylic acids is 2. The van der Waals surface area contributed by atoms with Gasteiger partial charge in [0.2, 0.25) is 0 Å². The monoisotopic (exact) mass is 510 g/mol. The summed E-state index contributed by atoms with van der Waals surface area (Å²) in [6, 6.07) is 3.27. The van der Waals surface area contributed by atoms with Gasteiger partial charge in [-0.05, 0) is 37.5 Å². The van der Waals surface area contributed by atoms with E-state index in [-0.39, 0.29) is 43.6 Å². The van der Waals surface area contributed by atoms with Crippen molar-refractivity contribution in [3.8, 4) is 0 Å². The van der Waals surface area contributed by atoms with Crippen molar-refractivity contribution in [3.05, 3.63) is 51.4 Å². The molecule has 35 heavy (non-hydrogen) atoms. The molecule has 2 amide bonds. The number of primary amides is 1. The van der Waals surface area contributed by atoms with Gasteiger partial charge in [-0.15, -0.1) is 11.3 Å². The van der Waals surface area contributed by atoms with Crippen molar-refractivity contribution in [3.63, 3.8) is 0 Å². The molecule has 5 rings (SSSR count). The summed E-state index contributed by atoms with van der Waals surface area (Å²) in [5, 5.41) is 6.50. The van der Waals surface area contributed by atoms with Crippen LogP contribution in [-0.4, -0.2) is 31.4 Å². The average molecular weight is 510 g/mol. The van der Waals surface area contributed by atoms with Crippen LogP contribution in [0.2, 0.25) is 0 Å². The minimum absolute atomic E-state index is 0.0489. The maximum Gasteiger partial charge on any atom is 0.433 e. The molecule has 8 nitrogen and oxygen atoms in total. The number of amides is 2. The lowest BCUT2D eigenvalue weighted by Gasteiger charge is -2.09. The average Bonchev–Trinajstić information content (AvgIpc) is 3.42. The van der Waals surface area contributed by atoms with Crippen molar-refractivity contribution >= 4 is 44.7 Å². The largest absolute Gasteiger partial charge is 0.433 e. The molecule has 1 aliphatic carbocycles. The molecule has 0 aromatic carbocycles. The Morgan fingerprint density at radius 3 is 2.51 bits per heavy atom. The molecule has 0 saturated heterocycles. The molecule has 3 N–H and O–H groups in total. The number of aromatic nitrogens is 4. The van der Waals surface area contributed by atoms with E-state index in [0.717, 1.165) is 23.4 Å². The van der Waals surface area contributed by atoms with Crippen LogP contribution in [0.1, 0.15) is 68.0 Å². The van der Waals surface area contributed by atoms with E-state index < -0.39 is 35.8 Å². The molecule has 4 aromatic heterocycles. The molecular weight excluding hydrogens is 495 g/mol. The topological polar surface area (TPSA) is 115 Å². The molecule has 14 heteroatoms. The third-order valence-corrected chi connectivity index (χ3v) is 6.64. The van der Waals surface area contributed by atoms with Gasteiger partial charge in [0, 0.05) is 23.1 Å². The third kappa shape index (κ3) is 4.07. The van der Waals surface area contributed by atoms with Gasteiger partial charge in [0.1, 0.15) is 21.1 Å². The Kier molecular flexibility index (Phi) is 5.23. The van der Waals surface area contributed by atoms with E-state index in [2.05, 4.69) is 20.4 Å². The summed E-state index contributed by atoms with van der Waals surface area (Å²) in [5.74, 6) is -1.79. The number of rotatable bonds is 5. The van der Waals surface area contributed by atoms with Crippen LogP contribution in [0.4, 0.5) is 27.6 Å². The Morgan fingerprint density at radius 2 is 1.91 bits per heavy atom. The number of hydrogen-bond acceptors (Lipinski definition) is 6. The molecule has 1 fully saturated rings. The molecule has 4 aromatic rings. The molecule has 4 heterocycles. The van der Waals surface area contributed by atoms with Crippen molar-refractivity contribution in [1.29, 1.82) is 0 Å². The number of thiophene rings is 1. The number of nitrogens with zero attached hydrogens (tertiary/aromatic N) is 4. The summed E-state index contributed by atoms with van der Waals surface area (Å²) >= 11 is 0.600. The van der Waals surface area contributed by atoms with E-state index in [1.807, 2.05) is 0 Å². The fourth-order valence-corrected chi connectivity index (χ4v) is 4.83. The first-order valence-corrected chi connectivity index (χ1v) is 11.1. The molecule has 0 aliphatic heterocycles. The van der Waals surface area contributed by atoms with Gasteiger partial charge in [0.05, 0.1) is 5.69 Å². The van der Waals surface area contributed by atoms with Gasteiger partial charge >= 0.3 is 6.18 Å². The normalized spacial score (nSPS) is 14.3. The van der Waals surface area contributed by atoms with E-state index in [4.69, 9.17) is 5.73 Å². The van der Waals surface area contributed by atoms with Crippen molar-refractivity contribution in [2.75, 3.05) is 5.32 Å². The number of hydrogen-bond donors (Lipinski definition) is 2. The van der Waals surface area contributed by atoms with E-state index >= 15 is 0 Å². The van der Waals surface area contributed by atoms with Gasteiger partial charge in [-0.1, -0.05) is 0 Å². The van der Waals surface area contributed by atoms with Crippen LogP contribution >= 0.6 is 11.3 Å². The van der Waals surface area contributed by atoms with E-state index in [0.29, 0.717) is 17.0 Å². The maximum absolute atomic E-state index is 13.6. The highest BCUT2D eigenvalue weighted by Crippen LogP contribution is 2.41. The second kappa shape index (κ2) is 7.93. The van der Waals surface area contributed by atoms with Crippen molar-refractivity contribution in [2.45, 2.75) is 38.3 Å². The van der Waals surface area contributed by atoms with E-state index in [1.165, 1.54) is 19.1 Å². The van der Waals surface area contributed by atoms with Crippen molar-refractivity contribution < 1.29 is 31.5 Å². The fraction of sp³-hybridized carbons (Fsp3) is 0.286. The molecule has 0 radical (unpaired) electrons. The Hall–Kier alpha value is -3.68. The zero-order valence-corrected chi connectivity index (χ0v) is 18.6. The Bertz CT molecular complexity index is 1520. The smallest absolute Gasteiger partial charge is 0.365 e. The number of anilines is 1. The number of pyridine rings is 1. The lowest BCUT2D eigenvalue weighted by Crippen LogP contribution is -2.17. The minimum Gasteiger partial charge on any atom is -0.365 e. The van der Waals surface area contributed by atoms with Crippen molar-refractivity contribution in [2.24, 2.45) is 5.73 Å². The number of fused-ring (bicyclic) bond motifs is 2. The van der Waals surface area contributed by atoms with Gasteiger partial charge in [-0.25, -0.2) is 23.3 Å².